The van der Waals surface area contributed by atoms with Gasteiger partial charge in [0.15, 0.2) is 0 Å². The highest BCUT2D eigenvalue weighted by atomic mass is 35.5. The van der Waals surface area contributed by atoms with Gasteiger partial charge < -0.3 is 29.7 Å². The molecule has 1 fully saturated rings. The molecule has 1 aliphatic heterocycles. The van der Waals surface area contributed by atoms with Crippen LogP contribution in [-0.2, 0) is 0 Å². The maximum atomic E-state index is 13.5. The number of β-amino-alcohol motifs (C(OH)–C–C–N with tert-alkyl or cyclic N) is 1. The van der Waals surface area contributed by atoms with Crippen LogP contribution in [0, 0.1) is 6.92 Å². The van der Waals surface area contributed by atoms with Crippen molar-refractivity contribution < 1.29 is 24.8 Å². The van der Waals surface area contributed by atoms with Gasteiger partial charge in [-0.3, -0.25) is 4.79 Å². The fourth-order valence-electron chi connectivity index (χ4n) is 4.70. The summed E-state index contributed by atoms with van der Waals surface area (Å²) < 4.78 is 5.95. The lowest BCUT2D eigenvalue weighted by atomic mass is 9.85. The molecule has 1 saturated heterocycles. The van der Waals surface area contributed by atoms with Gasteiger partial charge in [-0.2, -0.15) is 0 Å². The van der Waals surface area contributed by atoms with Crippen LogP contribution in [0.5, 0.6) is 11.5 Å². The number of phenolic OH excluding ortho intramolecular Hbond substituents is 2. The quantitative estimate of drug-likeness (QED) is 0.496. The van der Waals surface area contributed by atoms with E-state index in [4.69, 9.17) is 27.6 Å². The van der Waals surface area contributed by atoms with E-state index < -0.39 is 34.7 Å². The van der Waals surface area contributed by atoms with Crippen molar-refractivity contribution >= 4 is 34.2 Å². The number of nitrogens with zero attached hydrogens (tertiary/aromatic N) is 1. The molecule has 7 nitrogen and oxygen atoms in total. The average molecular weight is 482 g/mol. The van der Waals surface area contributed by atoms with Crippen LogP contribution in [0.1, 0.15) is 41.8 Å². The van der Waals surface area contributed by atoms with Gasteiger partial charge in [-0.25, -0.2) is 0 Å². The molecule has 4 atom stereocenters. The minimum absolute atomic E-state index is 0.000549. The van der Waals surface area contributed by atoms with Crippen LogP contribution in [0.3, 0.4) is 0 Å². The molecule has 3 unspecified atom stereocenters. The third-order valence-electron chi connectivity index (χ3n) is 6.33. The number of fused-ring (bicyclic) bond motifs is 1. The maximum Gasteiger partial charge on any atom is 0.202 e. The van der Waals surface area contributed by atoms with E-state index in [0.717, 1.165) is 6.07 Å². The SMILES string of the molecule is Cc1oc2c(C3CCN(C)CC3O)c(O)cc(O)c2c(=O)c1C(O)C1=C(Cl)C=CC[C@H]1Cl. The Labute approximate surface area is 194 Å². The second kappa shape index (κ2) is 8.72. The molecule has 32 heavy (non-hydrogen) atoms. The molecule has 0 radical (unpaired) electrons. The largest absolute Gasteiger partial charge is 0.507 e. The van der Waals surface area contributed by atoms with Crippen LogP contribution in [0.25, 0.3) is 11.0 Å². The van der Waals surface area contributed by atoms with Crippen LogP contribution in [-0.4, -0.2) is 56.9 Å². The van der Waals surface area contributed by atoms with Crippen molar-refractivity contribution in [2.45, 2.75) is 43.3 Å². The first-order valence-electron chi connectivity index (χ1n) is 10.4. The number of hydrogen-bond acceptors (Lipinski definition) is 7. The summed E-state index contributed by atoms with van der Waals surface area (Å²) in [4.78, 5) is 15.5. The van der Waals surface area contributed by atoms with Crippen molar-refractivity contribution in [3.05, 3.63) is 55.9 Å². The Hall–Kier alpha value is -2.03. The number of benzene rings is 1. The summed E-state index contributed by atoms with van der Waals surface area (Å²) in [5.74, 6) is -1.11. The molecular formula is C23H25Cl2NO6. The number of likely N-dealkylation sites (tertiary alicyclic amines) is 1. The van der Waals surface area contributed by atoms with Crippen molar-refractivity contribution in [2.75, 3.05) is 20.1 Å². The van der Waals surface area contributed by atoms with Crippen LogP contribution in [0.15, 0.2) is 38.0 Å². The van der Waals surface area contributed by atoms with Crippen LogP contribution < -0.4 is 5.43 Å². The zero-order valence-corrected chi connectivity index (χ0v) is 19.2. The number of alkyl halides is 1. The highest BCUT2D eigenvalue weighted by Crippen LogP contribution is 2.43. The molecule has 2 heterocycles. The molecule has 2 aliphatic rings. The zero-order valence-electron chi connectivity index (χ0n) is 17.7. The number of hydrogen-bond donors (Lipinski definition) is 4. The Morgan fingerprint density at radius 3 is 2.66 bits per heavy atom. The topological polar surface area (TPSA) is 114 Å². The predicted molar refractivity (Wildman–Crippen MR) is 123 cm³/mol. The number of phenols is 2. The van der Waals surface area contributed by atoms with E-state index in [1.165, 1.54) is 6.92 Å². The number of halogens is 2. The summed E-state index contributed by atoms with van der Waals surface area (Å²) in [6, 6.07) is 1.07. The lowest BCUT2D eigenvalue weighted by Gasteiger charge is -2.34. The van der Waals surface area contributed by atoms with Gasteiger partial charge in [0.1, 0.15) is 34.3 Å². The normalized spacial score (nSPS) is 25.5. The van der Waals surface area contributed by atoms with E-state index in [0.29, 0.717) is 25.9 Å². The number of aryl methyl sites for hydroxylation is 1. The molecule has 0 spiro atoms. The van der Waals surface area contributed by atoms with Gasteiger partial charge in [0.05, 0.1) is 17.0 Å². The Morgan fingerprint density at radius 1 is 1.28 bits per heavy atom. The second-order valence-corrected chi connectivity index (χ2v) is 9.40. The molecule has 172 valence electrons. The first-order chi connectivity index (χ1) is 15.1. The number of piperidine rings is 1. The van der Waals surface area contributed by atoms with Crippen LogP contribution in [0.2, 0.25) is 0 Å². The second-order valence-electron chi connectivity index (χ2n) is 8.47. The van der Waals surface area contributed by atoms with E-state index >= 15 is 0 Å². The molecule has 0 saturated carbocycles. The number of aliphatic hydroxyl groups excluding tert-OH is 2. The molecule has 4 N–H and O–H groups in total. The third kappa shape index (κ3) is 3.82. The summed E-state index contributed by atoms with van der Waals surface area (Å²) in [7, 11) is 1.89. The smallest absolute Gasteiger partial charge is 0.202 e. The summed E-state index contributed by atoms with van der Waals surface area (Å²) in [5, 5.41) is 42.3. The average Bonchev–Trinajstić information content (AvgIpc) is 2.68. The van der Waals surface area contributed by atoms with Gasteiger partial charge in [-0.05, 0) is 45.0 Å². The van der Waals surface area contributed by atoms with Crippen molar-refractivity contribution in [1.29, 1.82) is 0 Å². The molecule has 1 aromatic heterocycles. The van der Waals surface area contributed by atoms with Gasteiger partial charge in [0.2, 0.25) is 5.43 Å². The summed E-state index contributed by atoms with van der Waals surface area (Å²) >= 11 is 12.6. The number of aromatic hydroxyl groups is 2. The Kier molecular flexibility index (Phi) is 6.31. The van der Waals surface area contributed by atoms with E-state index in [1.54, 1.807) is 12.2 Å². The Bertz CT molecular complexity index is 1190. The first kappa shape index (κ1) is 23.1. The van der Waals surface area contributed by atoms with E-state index in [9.17, 15) is 25.2 Å². The number of rotatable bonds is 3. The van der Waals surface area contributed by atoms with Gasteiger partial charge in [-0.15, -0.1) is 11.6 Å². The summed E-state index contributed by atoms with van der Waals surface area (Å²) in [6.07, 6.45) is 2.14. The monoisotopic (exact) mass is 481 g/mol. The molecule has 2 aromatic rings. The highest BCUT2D eigenvalue weighted by molar-refractivity contribution is 6.33. The van der Waals surface area contributed by atoms with Gasteiger partial charge in [0.25, 0.3) is 0 Å². The molecule has 4 rings (SSSR count). The fraction of sp³-hybridized carbons (Fsp3) is 0.435. The lowest BCUT2D eigenvalue weighted by molar-refractivity contribution is 0.0630. The zero-order chi connectivity index (χ0) is 23.3. The van der Waals surface area contributed by atoms with Crippen molar-refractivity contribution in [2.24, 2.45) is 0 Å². The minimum atomic E-state index is -1.43. The molecule has 0 bridgehead atoms. The summed E-state index contributed by atoms with van der Waals surface area (Å²) in [6.45, 7) is 2.59. The standard InChI is InChI=1S/C23H25Cl2NO6/c1-10-17(21(30)19-12(24)4-3-5-13(19)25)22(31)20-15(28)8-14(27)18(23(20)32-10)11-6-7-26(2)9-16(11)29/h3-4,8,11,13,16,21,27-30H,5-7,9H2,1-2H3/t11?,13-,16?,21?/m1/s1. The molecule has 0 amide bonds. The molecule has 1 aliphatic carbocycles. The minimum Gasteiger partial charge on any atom is -0.507 e. The highest BCUT2D eigenvalue weighted by Gasteiger charge is 2.35. The Balaban J connectivity index is 1.93. The van der Waals surface area contributed by atoms with Crippen LogP contribution in [0.4, 0.5) is 0 Å². The maximum absolute atomic E-state index is 13.5. The third-order valence-corrected chi connectivity index (χ3v) is 7.09. The predicted octanol–water partition coefficient (Wildman–Crippen LogP) is 3.39. The van der Waals surface area contributed by atoms with Crippen molar-refractivity contribution in [3.63, 3.8) is 0 Å². The van der Waals surface area contributed by atoms with Crippen molar-refractivity contribution in [1.82, 2.24) is 4.90 Å². The van der Waals surface area contributed by atoms with Gasteiger partial charge >= 0.3 is 0 Å². The van der Waals surface area contributed by atoms with E-state index in [-0.39, 0.29) is 44.2 Å². The Morgan fingerprint density at radius 2 is 2.00 bits per heavy atom. The number of allylic oxidation sites excluding steroid dienone is 3. The molecular weight excluding hydrogens is 457 g/mol. The molecule has 1 aromatic carbocycles. The number of aliphatic hydroxyl groups is 2. The van der Waals surface area contributed by atoms with E-state index in [2.05, 4.69) is 0 Å². The van der Waals surface area contributed by atoms with Gasteiger partial charge in [0, 0.05) is 29.1 Å². The molecule has 9 heteroatoms. The van der Waals surface area contributed by atoms with Gasteiger partial charge in [-0.1, -0.05) is 17.7 Å². The van der Waals surface area contributed by atoms with Crippen molar-refractivity contribution in [3.8, 4) is 11.5 Å². The first-order valence-corrected chi connectivity index (χ1v) is 11.2. The number of likely N-dealkylation sites (N-methyl/N-ethyl adjacent to an activating group) is 1. The van der Waals surface area contributed by atoms with Crippen LogP contribution >= 0.6 is 23.2 Å². The fourth-order valence-corrected chi connectivity index (χ4v) is 5.42. The lowest BCUT2D eigenvalue weighted by Crippen LogP contribution is -2.40. The van der Waals surface area contributed by atoms with E-state index in [1.807, 2.05) is 11.9 Å². The summed E-state index contributed by atoms with van der Waals surface area (Å²) in [5.41, 5.74) is -0.168.